The Kier molecular flexibility index (Phi) is 8.74. The minimum atomic E-state index is -3.63. The van der Waals surface area contributed by atoms with Crippen molar-refractivity contribution < 1.29 is 43.8 Å². The fraction of sp³-hybridized carbons (Fsp3) is 0.0625. The van der Waals surface area contributed by atoms with E-state index in [0.717, 1.165) is 43.6 Å². The Bertz CT molecular complexity index is 4400. The second-order valence-corrected chi connectivity index (χ2v) is 21.5. The number of fused-ring (bicyclic) bond motifs is 5. The number of rotatable bonds is 8. The smallest absolute Gasteiger partial charge is 0.418 e. The Morgan fingerprint density at radius 1 is 0.597 bits per heavy atom. The molecule has 6 nitrogen and oxygen atoms in total. The van der Waals surface area contributed by atoms with Crippen LogP contribution in [-0.4, -0.2) is 22.6 Å². The topological polar surface area (TPSA) is 39.1 Å². The SMILES string of the molecule is [2H]c1c([2H])c([2H])c(-c2cccc(-c3c([2H])c([2H])c([2H])c([2H])c3[2H])c2-[n+]2[c-]n(-c3[c-]c(N4c5[c-]c6c(cc5O[Si]4(c4ccccc4)c4ccccc4)c4ccccc4n6-c4cc(C(C)(C)C)ccn4)ccc3)c3ccccc32)c([2H])c1[2H].[Pt]. The predicted octanol–water partition coefficient (Wildman–Crippen LogP) is 13.2. The third kappa shape index (κ3) is 7.34. The maximum atomic E-state index is 9.18. The molecule has 350 valence electrons. The molecule has 0 amide bonds. The van der Waals surface area contributed by atoms with E-state index in [2.05, 4.69) is 103 Å². The molecule has 0 radical (unpaired) electrons. The van der Waals surface area contributed by atoms with Crippen LogP contribution < -0.4 is 23.9 Å². The summed E-state index contributed by atoms with van der Waals surface area (Å²) in [7, 11) is -3.63. The van der Waals surface area contributed by atoms with Gasteiger partial charge >= 0.3 is 8.48 Å². The minimum absolute atomic E-state index is 0. The Morgan fingerprint density at radius 3 is 1.86 bits per heavy atom. The summed E-state index contributed by atoms with van der Waals surface area (Å²) in [4.78, 5) is 4.98. The zero-order valence-corrected chi connectivity index (χ0v) is 42.4. The molecule has 13 rings (SSSR count). The zero-order valence-electron chi connectivity index (χ0n) is 49.1. The largest absolute Gasteiger partial charge is 0.580 e. The molecule has 0 spiro atoms. The number of imidazole rings is 1. The predicted molar refractivity (Wildman–Crippen MR) is 290 cm³/mol. The van der Waals surface area contributed by atoms with Crippen molar-refractivity contribution >= 4 is 63.1 Å². The summed E-state index contributed by atoms with van der Waals surface area (Å²) in [5, 5.41) is 3.90. The molecule has 4 heterocycles. The fourth-order valence-electron chi connectivity index (χ4n) is 9.99. The van der Waals surface area contributed by atoms with Crippen molar-refractivity contribution in [1.82, 2.24) is 14.1 Å². The molecule has 1 aliphatic rings. The number of nitrogens with zero attached hydrogens (tertiary/aromatic N) is 5. The van der Waals surface area contributed by atoms with Gasteiger partial charge in [-0.2, -0.15) is 18.2 Å². The summed E-state index contributed by atoms with van der Waals surface area (Å²) in [6.07, 6.45) is 5.40. The molecule has 0 atom stereocenters. The zero-order chi connectivity index (χ0) is 56.4. The van der Waals surface area contributed by atoms with E-state index < -0.39 is 68.9 Å². The van der Waals surface area contributed by atoms with Gasteiger partial charge in [0.15, 0.2) is 0 Å². The molecular formula is C64H47N5OPtSi-2. The van der Waals surface area contributed by atoms with E-state index in [1.54, 1.807) is 22.8 Å². The van der Waals surface area contributed by atoms with E-state index in [1.165, 1.54) is 0 Å². The second-order valence-electron chi connectivity index (χ2n) is 18.4. The van der Waals surface area contributed by atoms with Crippen molar-refractivity contribution in [3.63, 3.8) is 0 Å². The van der Waals surface area contributed by atoms with E-state index in [1.807, 2.05) is 102 Å². The van der Waals surface area contributed by atoms with Crippen molar-refractivity contribution in [3.05, 3.63) is 254 Å². The van der Waals surface area contributed by atoms with Gasteiger partial charge in [-0.25, -0.2) is 4.98 Å². The van der Waals surface area contributed by atoms with E-state index in [4.69, 9.17) is 17.6 Å². The molecule has 1 aliphatic heterocycles. The second kappa shape index (κ2) is 17.9. The van der Waals surface area contributed by atoms with Crippen LogP contribution >= 0.6 is 0 Å². The number of hydrogen-bond donors (Lipinski definition) is 0. The summed E-state index contributed by atoms with van der Waals surface area (Å²) < 4.78 is 104. The molecule has 0 bridgehead atoms. The Hall–Kier alpha value is -8.09. The molecule has 0 aliphatic carbocycles. The van der Waals surface area contributed by atoms with E-state index in [0.29, 0.717) is 33.8 Å². The Morgan fingerprint density at radius 2 is 1.19 bits per heavy atom. The normalized spacial score (nSPS) is 15.0. The monoisotopic (exact) mass is 1130 g/mol. The van der Waals surface area contributed by atoms with Crippen LogP contribution in [0, 0.1) is 18.5 Å². The maximum absolute atomic E-state index is 9.18. The molecular weight excluding hydrogens is 1080 g/mol. The van der Waals surface area contributed by atoms with Gasteiger partial charge in [-0.1, -0.05) is 219 Å². The summed E-state index contributed by atoms with van der Waals surface area (Å²) in [5.41, 5.74) is 5.94. The third-order valence-electron chi connectivity index (χ3n) is 13.2. The molecule has 9 aromatic carbocycles. The van der Waals surface area contributed by atoms with Gasteiger partial charge in [0.2, 0.25) is 0 Å². The molecule has 0 saturated heterocycles. The maximum Gasteiger partial charge on any atom is 0.418 e. The van der Waals surface area contributed by atoms with Crippen molar-refractivity contribution in [2.45, 2.75) is 26.2 Å². The van der Waals surface area contributed by atoms with Gasteiger partial charge < -0.3 is 18.1 Å². The van der Waals surface area contributed by atoms with Crippen molar-refractivity contribution in [1.29, 1.82) is 0 Å². The quantitative estimate of drug-likeness (QED) is 0.0865. The molecule has 72 heavy (non-hydrogen) atoms. The number of anilines is 2. The first-order valence-electron chi connectivity index (χ1n) is 28.3. The summed E-state index contributed by atoms with van der Waals surface area (Å²) in [6, 6.07) is 55.6. The van der Waals surface area contributed by atoms with Crippen LogP contribution in [0.5, 0.6) is 5.75 Å². The Balaban J connectivity index is 0.00000665. The number of aromatic nitrogens is 4. The van der Waals surface area contributed by atoms with Crippen LogP contribution in [-0.2, 0) is 26.5 Å². The molecule has 12 aromatic rings. The fourth-order valence-corrected chi connectivity index (χ4v) is 13.9. The number of benzene rings is 9. The van der Waals surface area contributed by atoms with Gasteiger partial charge in [0.1, 0.15) is 5.82 Å². The Labute approximate surface area is 449 Å². The van der Waals surface area contributed by atoms with E-state index in [9.17, 15) is 5.48 Å². The number of hydrogen-bond acceptors (Lipinski definition) is 3. The van der Waals surface area contributed by atoms with Gasteiger partial charge in [-0.05, 0) is 68.2 Å². The van der Waals surface area contributed by atoms with Gasteiger partial charge in [0.25, 0.3) is 6.33 Å². The first kappa shape index (κ1) is 35.1. The van der Waals surface area contributed by atoms with E-state index >= 15 is 0 Å². The van der Waals surface area contributed by atoms with Gasteiger partial charge in [0, 0.05) is 48.9 Å². The molecule has 0 N–H and O–H groups in total. The van der Waals surface area contributed by atoms with Crippen LogP contribution in [0.4, 0.5) is 11.4 Å². The number of pyridine rings is 1. The first-order valence-corrected chi connectivity index (χ1v) is 25.2. The first-order chi connectivity index (χ1) is 39.0. The minimum Gasteiger partial charge on any atom is -0.580 e. The molecule has 8 heteroatoms. The van der Waals surface area contributed by atoms with Crippen LogP contribution in [0.25, 0.3) is 72.3 Å². The third-order valence-corrected chi connectivity index (χ3v) is 17.1. The van der Waals surface area contributed by atoms with Crippen LogP contribution in [0.2, 0.25) is 0 Å². The molecule has 3 aromatic heterocycles. The summed E-state index contributed by atoms with van der Waals surface area (Å²) >= 11 is 0. The van der Waals surface area contributed by atoms with Crippen LogP contribution in [0.1, 0.15) is 40.0 Å². The standard InChI is InChI=1S/C64H47N5OSi.Pt/c1-64(2,3)47-38-39-65-62(40-47)68-56-35-17-16-32-54(56)55-42-61-60(43-59(55)68)69(71(70-61,50-28-12-6-13-29-50)51-30-14-7-15-31-51)49-27-20-26-48(41-49)66-44-67(58-37-19-18-36-57(58)66)63-52(45-22-8-4-9-23-45)33-21-34-53(63)46-24-10-5-11-25-46;/h4-40,42H,1-3H3;/q-2;/i4D,5D,8D,9D,10D,11D,22D,23D,24D,25D;. The van der Waals surface area contributed by atoms with Crippen LogP contribution in [0.15, 0.2) is 230 Å². The summed E-state index contributed by atoms with van der Waals surface area (Å²) in [5.74, 6) is 1.39. The van der Waals surface area contributed by atoms with Crippen molar-refractivity contribution in [2.24, 2.45) is 0 Å². The van der Waals surface area contributed by atoms with Gasteiger partial charge in [-0.3, -0.25) is 4.57 Å². The molecule has 0 fully saturated rings. The van der Waals surface area contributed by atoms with Crippen molar-refractivity contribution in [2.75, 3.05) is 4.57 Å². The number of para-hydroxylation sites is 4. The van der Waals surface area contributed by atoms with Crippen LogP contribution in [0.3, 0.4) is 0 Å². The molecule has 0 unspecified atom stereocenters. The average Bonchev–Trinajstić information content (AvgIpc) is 4.30. The van der Waals surface area contributed by atoms with Gasteiger partial charge in [0.05, 0.1) is 30.4 Å². The van der Waals surface area contributed by atoms with Gasteiger partial charge in [-0.15, -0.1) is 18.2 Å². The van der Waals surface area contributed by atoms with E-state index in [-0.39, 0.29) is 54.4 Å². The average molecular weight is 1140 g/mol. The molecule has 0 saturated carbocycles. The summed E-state index contributed by atoms with van der Waals surface area (Å²) in [6.45, 7) is 6.56. The van der Waals surface area contributed by atoms with Crippen molar-refractivity contribution in [3.8, 4) is 45.2 Å².